The van der Waals surface area contributed by atoms with Crippen LogP contribution in [0.5, 0.6) is 0 Å². The van der Waals surface area contributed by atoms with Gasteiger partial charge in [-0.15, -0.1) is 0 Å². The smallest absolute Gasteiger partial charge is 0.131 e. The summed E-state index contributed by atoms with van der Waals surface area (Å²) in [4.78, 5) is 4.74. The minimum absolute atomic E-state index is 0.253. The lowest BCUT2D eigenvalue weighted by Gasteiger charge is -2.13. The number of hydrogen-bond donors (Lipinski definition) is 1. The molecule has 0 atom stereocenters. The summed E-state index contributed by atoms with van der Waals surface area (Å²) in [5.41, 5.74) is 8.81. The Labute approximate surface area is 118 Å². The van der Waals surface area contributed by atoms with Gasteiger partial charge in [-0.05, 0) is 51.3 Å². The number of nitrogen functional groups attached to an aromatic ring is 1. The third-order valence-corrected chi connectivity index (χ3v) is 3.89. The van der Waals surface area contributed by atoms with Crippen molar-refractivity contribution in [3.63, 3.8) is 0 Å². The molecule has 1 saturated carbocycles. The average molecular weight is 273 g/mol. The lowest BCUT2D eigenvalue weighted by Crippen LogP contribution is -2.09. The highest BCUT2D eigenvalue weighted by molar-refractivity contribution is 5.74. The quantitative estimate of drug-likeness (QED) is 0.917. The normalized spacial score (nSPS) is 15.1. The Morgan fingerprint density at radius 1 is 1.35 bits per heavy atom. The van der Waals surface area contributed by atoms with E-state index in [2.05, 4.69) is 18.4 Å². The minimum Gasteiger partial charge on any atom is -0.383 e. The molecule has 0 aliphatic heterocycles. The van der Waals surface area contributed by atoms with Crippen molar-refractivity contribution in [1.29, 1.82) is 0 Å². The van der Waals surface area contributed by atoms with Crippen LogP contribution >= 0.6 is 0 Å². The van der Waals surface area contributed by atoms with Crippen molar-refractivity contribution in [2.45, 2.75) is 45.6 Å². The van der Waals surface area contributed by atoms with E-state index in [4.69, 9.17) is 10.7 Å². The number of nitrogens with zero attached hydrogens (tertiary/aromatic N) is 2. The molecule has 1 aromatic carbocycles. The van der Waals surface area contributed by atoms with Crippen LogP contribution in [0.25, 0.3) is 11.3 Å². The molecule has 2 N–H and O–H groups in total. The number of aromatic nitrogens is 2. The third kappa shape index (κ3) is 2.09. The molecule has 20 heavy (non-hydrogen) atoms. The van der Waals surface area contributed by atoms with Gasteiger partial charge in [-0.1, -0.05) is 6.07 Å². The molecular formula is C16H20FN3. The van der Waals surface area contributed by atoms with Gasteiger partial charge in [0.2, 0.25) is 0 Å². The maximum atomic E-state index is 13.5. The molecule has 1 heterocycles. The molecule has 1 fully saturated rings. The fourth-order valence-electron chi connectivity index (χ4n) is 2.68. The maximum absolute atomic E-state index is 13.5. The molecular weight excluding hydrogens is 253 g/mol. The van der Waals surface area contributed by atoms with Gasteiger partial charge in [-0.25, -0.2) is 9.37 Å². The van der Waals surface area contributed by atoms with Crippen LogP contribution in [0.2, 0.25) is 0 Å². The lowest BCUT2D eigenvalue weighted by atomic mass is 10.1. The molecule has 0 spiro atoms. The number of rotatable bonds is 3. The van der Waals surface area contributed by atoms with Gasteiger partial charge in [-0.3, -0.25) is 0 Å². The highest BCUT2D eigenvalue weighted by Crippen LogP contribution is 2.43. The van der Waals surface area contributed by atoms with E-state index in [0.717, 1.165) is 22.6 Å². The summed E-state index contributed by atoms with van der Waals surface area (Å²) in [7, 11) is 0. The van der Waals surface area contributed by atoms with Gasteiger partial charge >= 0.3 is 0 Å². The van der Waals surface area contributed by atoms with E-state index in [-0.39, 0.29) is 11.9 Å². The van der Waals surface area contributed by atoms with Gasteiger partial charge in [0.25, 0.3) is 0 Å². The van der Waals surface area contributed by atoms with E-state index >= 15 is 0 Å². The molecule has 106 valence electrons. The van der Waals surface area contributed by atoms with E-state index in [1.165, 1.54) is 25.0 Å². The van der Waals surface area contributed by atoms with Crippen LogP contribution in [-0.2, 0) is 0 Å². The molecule has 0 unspecified atom stereocenters. The zero-order chi connectivity index (χ0) is 14.4. The number of halogens is 1. The number of aryl methyl sites for hydroxylation is 1. The molecule has 1 aliphatic rings. The Bertz CT molecular complexity index is 654. The Morgan fingerprint density at radius 2 is 2.05 bits per heavy atom. The van der Waals surface area contributed by atoms with Crippen molar-refractivity contribution in [1.82, 2.24) is 9.55 Å². The fourth-order valence-corrected chi connectivity index (χ4v) is 2.68. The summed E-state index contributed by atoms with van der Waals surface area (Å²) in [5.74, 6) is 1.96. The Hall–Kier alpha value is -1.84. The fraction of sp³-hybridized carbons (Fsp3) is 0.438. The van der Waals surface area contributed by atoms with Crippen molar-refractivity contribution in [2.24, 2.45) is 0 Å². The van der Waals surface area contributed by atoms with Crippen molar-refractivity contribution in [3.8, 4) is 11.3 Å². The van der Waals surface area contributed by atoms with Crippen LogP contribution in [0.1, 0.15) is 50.0 Å². The summed E-state index contributed by atoms with van der Waals surface area (Å²) in [6.45, 7) is 6.16. The first-order chi connectivity index (χ1) is 9.49. The number of nitrogens with two attached hydrogens (primary N) is 1. The molecule has 0 bridgehead atoms. The zero-order valence-corrected chi connectivity index (χ0v) is 12.2. The van der Waals surface area contributed by atoms with Gasteiger partial charge in [0.05, 0.1) is 0 Å². The van der Waals surface area contributed by atoms with E-state index < -0.39 is 0 Å². The van der Waals surface area contributed by atoms with Crippen LogP contribution in [0.4, 0.5) is 10.2 Å². The SMILES string of the molecule is Cc1ccc(F)cc1-c1nc(C2CC2)n(C(C)C)c1N. The maximum Gasteiger partial charge on any atom is 0.131 e. The minimum atomic E-state index is -0.253. The van der Waals surface area contributed by atoms with Crippen LogP contribution in [-0.4, -0.2) is 9.55 Å². The second-order valence-electron chi connectivity index (χ2n) is 5.90. The Kier molecular flexibility index (Phi) is 3.04. The molecule has 2 aromatic rings. The highest BCUT2D eigenvalue weighted by atomic mass is 19.1. The third-order valence-electron chi connectivity index (χ3n) is 3.89. The molecule has 3 nitrogen and oxygen atoms in total. The average Bonchev–Trinajstić information content (AvgIpc) is 3.16. The van der Waals surface area contributed by atoms with Crippen LogP contribution in [0.15, 0.2) is 18.2 Å². The predicted octanol–water partition coefficient (Wildman–Crippen LogP) is 4.04. The second-order valence-corrected chi connectivity index (χ2v) is 5.90. The van der Waals surface area contributed by atoms with E-state index in [0.29, 0.717) is 11.7 Å². The van der Waals surface area contributed by atoms with E-state index in [1.807, 2.05) is 6.92 Å². The largest absolute Gasteiger partial charge is 0.383 e. The first-order valence-corrected chi connectivity index (χ1v) is 7.13. The predicted molar refractivity (Wildman–Crippen MR) is 79.1 cm³/mol. The van der Waals surface area contributed by atoms with Gasteiger partial charge in [-0.2, -0.15) is 0 Å². The van der Waals surface area contributed by atoms with Crippen molar-refractivity contribution < 1.29 is 4.39 Å². The highest BCUT2D eigenvalue weighted by Gasteiger charge is 2.32. The molecule has 0 radical (unpaired) electrons. The van der Waals surface area contributed by atoms with Gasteiger partial charge in [0, 0.05) is 17.5 Å². The van der Waals surface area contributed by atoms with Crippen LogP contribution < -0.4 is 5.73 Å². The zero-order valence-electron chi connectivity index (χ0n) is 12.2. The van der Waals surface area contributed by atoms with Crippen molar-refractivity contribution >= 4 is 5.82 Å². The summed E-state index contributed by atoms with van der Waals surface area (Å²) in [5, 5.41) is 0. The molecule has 3 rings (SSSR count). The number of imidazole rings is 1. The van der Waals surface area contributed by atoms with Gasteiger partial charge < -0.3 is 10.3 Å². The van der Waals surface area contributed by atoms with E-state index in [9.17, 15) is 4.39 Å². The molecule has 0 saturated heterocycles. The summed E-state index contributed by atoms with van der Waals surface area (Å²) in [6.07, 6.45) is 2.34. The molecule has 1 aromatic heterocycles. The number of benzene rings is 1. The first kappa shape index (κ1) is 13.2. The summed E-state index contributed by atoms with van der Waals surface area (Å²) in [6, 6.07) is 5.03. The topological polar surface area (TPSA) is 43.8 Å². The monoisotopic (exact) mass is 273 g/mol. The summed E-state index contributed by atoms with van der Waals surface area (Å²) < 4.78 is 15.6. The van der Waals surface area contributed by atoms with Crippen LogP contribution in [0, 0.1) is 12.7 Å². The second kappa shape index (κ2) is 4.62. The van der Waals surface area contributed by atoms with Crippen LogP contribution in [0.3, 0.4) is 0 Å². The Balaban J connectivity index is 2.19. The standard InChI is InChI=1S/C16H20FN3/c1-9(2)20-15(18)14(19-16(20)11-5-6-11)13-8-12(17)7-4-10(13)3/h4,7-9,11H,5-6,18H2,1-3H3. The number of anilines is 1. The molecule has 0 amide bonds. The Morgan fingerprint density at radius 3 is 2.65 bits per heavy atom. The van der Waals surface area contributed by atoms with Crippen molar-refractivity contribution in [3.05, 3.63) is 35.4 Å². The summed E-state index contributed by atoms with van der Waals surface area (Å²) >= 11 is 0. The van der Waals surface area contributed by atoms with Gasteiger partial charge in [0.15, 0.2) is 0 Å². The molecule has 4 heteroatoms. The first-order valence-electron chi connectivity index (χ1n) is 7.13. The van der Waals surface area contributed by atoms with Gasteiger partial charge in [0.1, 0.15) is 23.2 Å². The molecule has 1 aliphatic carbocycles. The number of hydrogen-bond acceptors (Lipinski definition) is 2. The lowest BCUT2D eigenvalue weighted by molar-refractivity contribution is 0.576. The van der Waals surface area contributed by atoms with Crippen molar-refractivity contribution in [2.75, 3.05) is 5.73 Å². The van der Waals surface area contributed by atoms with E-state index in [1.54, 1.807) is 6.07 Å².